The third-order valence-corrected chi connectivity index (χ3v) is 4.17. The Kier molecular flexibility index (Phi) is 5.18. The predicted octanol–water partition coefficient (Wildman–Crippen LogP) is 3.42. The fourth-order valence-corrected chi connectivity index (χ4v) is 2.80. The van der Waals surface area contributed by atoms with Gasteiger partial charge in [-0.1, -0.05) is 37.3 Å². The van der Waals surface area contributed by atoms with Crippen LogP contribution in [0.15, 0.2) is 48.5 Å². The number of para-hydroxylation sites is 1. The lowest BCUT2D eigenvalue weighted by Crippen LogP contribution is -2.28. The van der Waals surface area contributed by atoms with Crippen molar-refractivity contribution in [2.45, 2.75) is 19.9 Å². The number of carbonyl (C=O) groups excluding carboxylic acids is 2. The van der Waals surface area contributed by atoms with E-state index in [0.29, 0.717) is 25.3 Å². The highest BCUT2D eigenvalue weighted by molar-refractivity contribution is 6.00. The van der Waals surface area contributed by atoms with Crippen molar-refractivity contribution in [2.75, 3.05) is 23.7 Å². The Labute approximate surface area is 147 Å². The van der Waals surface area contributed by atoms with Crippen molar-refractivity contribution < 1.29 is 9.59 Å². The molecule has 2 aromatic rings. The van der Waals surface area contributed by atoms with E-state index in [1.807, 2.05) is 48.5 Å². The quantitative estimate of drug-likeness (QED) is 0.781. The Bertz CT molecular complexity index is 776. The van der Waals surface area contributed by atoms with E-state index in [1.54, 1.807) is 4.90 Å². The lowest BCUT2D eigenvalue weighted by molar-refractivity contribution is 0.215. The first kappa shape index (κ1) is 16.8. The molecule has 0 unspecified atom stereocenters. The van der Waals surface area contributed by atoms with Gasteiger partial charge < -0.3 is 20.9 Å². The van der Waals surface area contributed by atoms with Crippen LogP contribution in [-0.2, 0) is 13.0 Å². The molecule has 6 nitrogen and oxygen atoms in total. The van der Waals surface area contributed by atoms with Crippen LogP contribution >= 0.6 is 0 Å². The summed E-state index contributed by atoms with van der Waals surface area (Å²) >= 11 is 0. The van der Waals surface area contributed by atoms with E-state index in [1.165, 1.54) is 5.56 Å². The second kappa shape index (κ2) is 7.70. The van der Waals surface area contributed by atoms with Crippen LogP contribution in [0.3, 0.4) is 0 Å². The van der Waals surface area contributed by atoms with Gasteiger partial charge in [-0.05, 0) is 35.7 Å². The van der Waals surface area contributed by atoms with E-state index < -0.39 is 0 Å². The molecule has 3 N–H and O–H groups in total. The van der Waals surface area contributed by atoms with E-state index in [0.717, 1.165) is 17.7 Å². The van der Waals surface area contributed by atoms with Gasteiger partial charge in [0, 0.05) is 31.0 Å². The van der Waals surface area contributed by atoms with Crippen LogP contribution < -0.4 is 16.0 Å². The van der Waals surface area contributed by atoms with Crippen LogP contribution in [-0.4, -0.2) is 30.1 Å². The summed E-state index contributed by atoms with van der Waals surface area (Å²) in [5.74, 6) is 0. The molecule has 0 atom stereocenters. The minimum atomic E-state index is -0.299. The third-order valence-electron chi connectivity index (χ3n) is 4.17. The summed E-state index contributed by atoms with van der Waals surface area (Å²) in [4.78, 5) is 25.8. The Hall–Kier alpha value is -3.02. The molecule has 1 aliphatic rings. The Morgan fingerprint density at radius 1 is 1.16 bits per heavy atom. The van der Waals surface area contributed by atoms with Crippen LogP contribution in [0.2, 0.25) is 0 Å². The highest BCUT2D eigenvalue weighted by Gasteiger charge is 2.20. The number of hydrogen-bond donors (Lipinski definition) is 3. The van der Waals surface area contributed by atoms with Gasteiger partial charge >= 0.3 is 12.1 Å². The number of benzene rings is 2. The zero-order valence-electron chi connectivity index (χ0n) is 14.2. The van der Waals surface area contributed by atoms with Crippen LogP contribution in [0.5, 0.6) is 0 Å². The molecule has 1 fully saturated rings. The number of nitrogens with one attached hydrogen (secondary N) is 3. The van der Waals surface area contributed by atoms with Crippen LogP contribution in [0.4, 0.5) is 21.0 Å². The molecule has 0 radical (unpaired) electrons. The second-order valence-corrected chi connectivity index (χ2v) is 5.94. The number of nitrogens with zero attached hydrogens (tertiary/aromatic N) is 1. The van der Waals surface area contributed by atoms with Crippen LogP contribution in [0.25, 0.3) is 0 Å². The van der Waals surface area contributed by atoms with Gasteiger partial charge in [-0.15, -0.1) is 0 Å². The fourth-order valence-electron chi connectivity index (χ4n) is 2.80. The first-order chi connectivity index (χ1) is 12.2. The molecule has 25 heavy (non-hydrogen) atoms. The maximum atomic E-state index is 12.3. The number of hydrogen-bond acceptors (Lipinski definition) is 2. The van der Waals surface area contributed by atoms with Crippen molar-refractivity contribution in [3.63, 3.8) is 0 Å². The van der Waals surface area contributed by atoms with Crippen molar-refractivity contribution in [3.05, 3.63) is 59.7 Å². The summed E-state index contributed by atoms with van der Waals surface area (Å²) in [6.07, 6.45) is 0.915. The summed E-state index contributed by atoms with van der Waals surface area (Å²) in [7, 11) is 0. The Balaban J connectivity index is 1.67. The predicted molar refractivity (Wildman–Crippen MR) is 98.7 cm³/mol. The lowest BCUT2D eigenvalue weighted by atomic mass is 10.1. The fraction of sp³-hybridized carbons (Fsp3) is 0.263. The van der Waals surface area contributed by atoms with Gasteiger partial charge in [-0.3, -0.25) is 0 Å². The molecule has 4 amide bonds. The number of urea groups is 2. The normalized spacial score (nSPS) is 13.5. The average Bonchev–Trinajstić information content (AvgIpc) is 3.01. The van der Waals surface area contributed by atoms with Crippen molar-refractivity contribution in [1.82, 2.24) is 10.2 Å². The summed E-state index contributed by atoms with van der Waals surface area (Å²) < 4.78 is 0. The maximum Gasteiger partial charge on any atom is 0.323 e. The molecule has 0 spiro atoms. The van der Waals surface area contributed by atoms with Gasteiger partial charge in [0.05, 0.1) is 0 Å². The molecular formula is C19H22N4O2. The molecule has 0 aromatic heterocycles. The molecule has 1 aliphatic heterocycles. The maximum absolute atomic E-state index is 12.3. The molecule has 2 aromatic carbocycles. The first-order valence-corrected chi connectivity index (χ1v) is 8.43. The lowest BCUT2D eigenvalue weighted by Gasteiger charge is -2.17. The smallest absolute Gasteiger partial charge is 0.323 e. The second-order valence-electron chi connectivity index (χ2n) is 5.94. The minimum Gasteiger partial charge on any atom is -0.336 e. The number of carbonyl (C=O) groups is 2. The molecule has 6 heteroatoms. The number of rotatable bonds is 5. The first-order valence-electron chi connectivity index (χ1n) is 8.43. The Morgan fingerprint density at radius 3 is 2.76 bits per heavy atom. The zero-order chi connectivity index (χ0) is 17.6. The molecular weight excluding hydrogens is 316 g/mol. The number of anilines is 2. The molecule has 0 aliphatic carbocycles. The summed E-state index contributed by atoms with van der Waals surface area (Å²) in [5, 5.41) is 8.51. The standard InChI is InChI=1S/C19H22N4O2/c1-2-14-6-5-8-16(12-14)21-18(24)22-17-9-4-3-7-15(17)13-23-11-10-20-19(23)25/h3-9,12H,2,10-11,13H2,1H3,(H,20,25)(H2,21,22,24). The van der Waals surface area contributed by atoms with Crippen molar-refractivity contribution in [3.8, 4) is 0 Å². The van der Waals surface area contributed by atoms with Gasteiger partial charge in [-0.25, -0.2) is 9.59 Å². The molecule has 1 heterocycles. The van der Waals surface area contributed by atoms with Gasteiger partial charge in [0.25, 0.3) is 0 Å². The number of aryl methyl sites for hydroxylation is 1. The van der Waals surface area contributed by atoms with E-state index in [-0.39, 0.29) is 12.1 Å². The van der Waals surface area contributed by atoms with E-state index in [2.05, 4.69) is 22.9 Å². The van der Waals surface area contributed by atoms with Gasteiger partial charge in [0.1, 0.15) is 0 Å². The zero-order valence-corrected chi connectivity index (χ0v) is 14.2. The third kappa shape index (κ3) is 4.29. The van der Waals surface area contributed by atoms with Crippen LogP contribution in [0, 0.1) is 0 Å². The Morgan fingerprint density at radius 2 is 2.00 bits per heavy atom. The van der Waals surface area contributed by atoms with Crippen molar-refractivity contribution >= 4 is 23.4 Å². The molecule has 0 saturated carbocycles. The monoisotopic (exact) mass is 338 g/mol. The van der Waals surface area contributed by atoms with Gasteiger partial charge in [0.15, 0.2) is 0 Å². The molecule has 0 bridgehead atoms. The van der Waals surface area contributed by atoms with E-state index in [4.69, 9.17) is 0 Å². The van der Waals surface area contributed by atoms with E-state index >= 15 is 0 Å². The summed E-state index contributed by atoms with van der Waals surface area (Å²) in [5.41, 5.74) is 3.52. The topological polar surface area (TPSA) is 73.5 Å². The summed E-state index contributed by atoms with van der Waals surface area (Å²) in [6.45, 7) is 3.86. The summed E-state index contributed by atoms with van der Waals surface area (Å²) in [6, 6.07) is 14.9. The largest absolute Gasteiger partial charge is 0.336 e. The van der Waals surface area contributed by atoms with Gasteiger partial charge in [-0.2, -0.15) is 0 Å². The van der Waals surface area contributed by atoms with Crippen LogP contribution in [0.1, 0.15) is 18.1 Å². The molecule has 1 saturated heterocycles. The number of amides is 4. The minimum absolute atomic E-state index is 0.0735. The highest BCUT2D eigenvalue weighted by Crippen LogP contribution is 2.19. The van der Waals surface area contributed by atoms with E-state index in [9.17, 15) is 9.59 Å². The average molecular weight is 338 g/mol. The highest BCUT2D eigenvalue weighted by atomic mass is 16.2. The molecule has 3 rings (SSSR count). The van der Waals surface area contributed by atoms with Gasteiger partial charge in [0.2, 0.25) is 0 Å². The van der Waals surface area contributed by atoms with Crippen molar-refractivity contribution in [1.29, 1.82) is 0 Å². The molecule has 130 valence electrons. The SMILES string of the molecule is CCc1cccc(NC(=O)Nc2ccccc2CN2CCNC2=O)c1. The van der Waals surface area contributed by atoms with Crippen molar-refractivity contribution in [2.24, 2.45) is 0 Å².